The van der Waals surface area contributed by atoms with Crippen LogP contribution < -0.4 is 10.6 Å². The van der Waals surface area contributed by atoms with E-state index in [1.807, 2.05) is 32.0 Å². The summed E-state index contributed by atoms with van der Waals surface area (Å²) < 4.78 is 4.74. The highest BCUT2D eigenvalue weighted by atomic mass is 16.5. The lowest BCUT2D eigenvalue weighted by molar-refractivity contribution is -0.117. The number of anilines is 2. The largest absolute Gasteiger partial charge is 0.450 e. The molecular formula is C15H19N5O3. The summed E-state index contributed by atoms with van der Waals surface area (Å²) in [4.78, 5) is 24.6. The molecule has 0 radical (unpaired) electrons. The predicted molar refractivity (Wildman–Crippen MR) is 85.2 cm³/mol. The van der Waals surface area contributed by atoms with Gasteiger partial charge in [0.05, 0.1) is 12.8 Å². The topological polar surface area (TPSA) is 98.1 Å². The van der Waals surface area contributed by atoms with Crippen LogP contribution in [0.25, 0.3) is 0 Å². The van der Waals surface area contributed by atoms with Crippen molar-refractivity contribution in [2.24, 2.45) is 0 Å². The Morgan fingerprint density at radius 2 is 1.91 bits per heavy atom. The molecule has 2 rings (SSSR count). The molecule has 8 heteroatoms. The second kappa shape index (κ2) is 7.39. The summed E-state index contributed by atoms with van der Waals surface area (Å²) in [6, 6.07) is 5.79. The number of nitrogens with one attached hydrogen (secondary N) is 2. The van der Waals surface area contributed by atoms with E-state index in [4.69, 9.17) is 4.74 Å². The third-order valence-electron chi connectivity index (χ3n) is 3.07. The summed E-state index contributed by atoms with van der Waals surface area (Å²) in [5, 5.41) is 13.2. The molecule has 1 aromatic carbocycles. The quantitative estimate of drug-likeness (QED) is 0.880. The van der Waals surface area contributed by atoms with Crippen LogP contribution in [0.2, 0.25) is 0 Å². The van der Waals surface area contributed by atoms with Gasteiger partial charge in [-0.25, -0.2) is 4.79 Å². The molecule has 2 amide bonds. The van der Waals surface area contributed by atoms with Crippen LogP contribution in [0.15, 0.2) is 24.4 Å². The van der Waals surface area contributed by atoms with Crippen molar-refractivity contribution in [3.05, 3.63) is 35.5 Å². The van der Waals surface area contributed by atoms with E-state index < -0.39 is 6.09 Å². The summed E-state index contributed by atoms with van der Waals surface area (Å²) in [5.41, 5.74) is 2.75. The zero-order valence-electron chi connectivity index (χ0n) is 13.3. The number of hydrogen-bond acceptors (Lipinski definition) is 5. The average molecular weight is 317 g/mol. The molecule has 0 saturated heterocycles. The first-order valence-electron chi connectivity index (χ1n) is 7.19. The first-order chi connectivity index (χ1) is 11.0. The van der Waals surface area contributed by atoms with Crippen LogP contribution in [0.3, 0.4) is 0 Å². The Kier molecular flexibility index (Phi) is 5.29. The van der Waals surface area contributed by atoms with Crippen molar-refractivity contribution in [3.8, 4) is 0 Å². The number of carbonyl (C=O) groups excluding carboxylic acids is 2. The molecule has 0 atom stereocenters. The fraction of sp³-hybridized carbons (Fsp3) is 0.333. The van der Waals surface area contributed by atoms with Gasteiger partial charge >= 0.3 is 6.09 Å². The molecule has 8 nitrogen and oxygen atoms in total. The number of amides is 2. The molecule has 0 aliphatic carbocycles. The van der Waals surface area contributed by atoms with Gasteiger partial charge in [-0.2, -0.15) is 9.90 Å². The highest BCUT2D eigenvalue weighted by molar-refractivity contribution is 5.92. The van der Waals surface area contributed by atoms with Gasteiger partial charge in [-0.15, -0.1) is 5.10 Å². The number of rotatable bonds is 5. The first-order valence-corrected chi connectivity index (χ1v) is 7.19. The van der Waals surface area contributed by atoms with Crippen LogP contribution in [0.4, 0.5) is 16.3 Å². The maximum atomic E-state index is 12.1. The Morgan fingerprint density at radius 3 is 2.57 bits per heavy atom. The Bertz CT molecular complexity index is 691. The van der Waals surface area contributed by atoms with Gasteiger partial charge in [-0.3, -0.25) is 10.1 Å². The van der Waals surface area contributed by atoms with Crippen molar-refractivity contribution in [2.75, 3.05) is 17.2 Å². The van der Waals surface area contributed by atoms with Gasteiger partial charge < -0.3 is 10.1 Å². The fourth-order valence-electron chi connectivity index (χ4n) is 2.02. The molecule has 0 saturated carbocycles. The number of aryl methyl sites for hydroxylation is 2. The molecule has 2 N–H and O–H groups in total. The number of ether oxygens (including phenoxy) is 1. The van der Waals surface area contributed by atoms with Crippen molar-refractivity contribution in [1.82, 2.24) is 15.0 Å². The maximum Gasteiger partial charge on any atom is 0.412 e. The Morgan fingerprint density at radius 1 is 1.22 bits per heavy atom. The van der Waals surface area contributed by atoms with E-state index in [9.17, 15) is 9.59 Å². The van der Waals surface area contributed by atoms with Gasteiger partial charge in [0, 0.05) is 5.69 Å². The van der Waals surface area contributed by atoms with Crippen LogP contribution in [-0.2, 0) is 16.1 Å². The number of aromatic nitrogens is 3. The number of nitrogens with zero attached hydrogens (tertiary/aromatic N) is 3. The standard InChI is InChI=1S/C15H19N5O3/c1-4-23-15(22)17-12-8-16-20(19-12)9-13(21)18-14-10(2)6-5-7-11(14)3/h5-8H,4,9H2,1-3H3,(H,18,21)(H,17,19,22). The molecule has 0 aliphatic rings. The number of hydrogen-bond donors (Lipinski definition) is 2. The molecule has 0 spiro atoms. The van der Waals surface area contributed by atoms with E-state index in [0.717, 1.165) is 16.8 Å². The van der Waals surface area contributed by atoms with Crippen LogP contribution >= 0.6 is 0 Å². The molecule has 1 heterocycles. The van der Waals surface area contributed by atoms with Crippen molar-refractivity contribution < 1.29 is 14.3 Å². The predicted octanol–water partition coefficient (Wildman–Crippen LogP) is 2.10. The molecule has 0 aliphatic heterocycles. The van der Waals surface area contributed by atoms with Gasteiger partial charge in [0.2, 0.25) is 5.91 Å². The average Bonchev–Trinajstić information content (AvgIpc) is 2.90. The maximum absolute atomic E-state index is 12.1. The van der Waals surface area contributed by atoms with Crippen molar-refractivity contribution >= 4 is 23.5 Å². The molecule has 0 fully saturated rings. The van der Waals surface area contributed by atoms with Gasteiger partial charge in [0.1, 0.15) is 6.54 Å². The van der Waals surface area contributed by atoms with Crippen molar-refractivity contribution in [1.29, 1.82) is 0 Å². The van der Waals surface area contributed by atoms with E-state index >= 15 is 0 Å². The minimum atomic E-state index is -0.612. The molecule has 122 valence electrons. The Hall–Kier alpha value is -2.90. The minimum Gasteiger partial charge on any atom is -0.450 e. The van der Waals surface area contributed by atoms with E-state index in [2.05, 4.69) is 20.8 Å². The van der Waals surface area contributed by atoms with Crippen LogP contribution in [0, 0.1) is 13.8 Å². The van der Waals surface area contributed by atoms with Crippen LogP contribution in [-0.4, -0.2) is 33.6 Å². The number of benzene rings is 1. The molecule has 0 unspecified atom stereocenters. The highest BCUT2D eigenvalue weighted by Gasteiger charge is 2.11. The fourth-order valence-corrected chi connectivity index (χ4v) is 2.02. The van der Waals surface area contributed by atoms with Gasteiger partial charge in [0.25, 0.3) is 0 Å². The third-order valence-corrected chi connectivity index (χ3v) is 3.07. The lowest BCUT2D eigenvalue weighted by atomic mass is 10.1. The summed E-state index contributed by atoms with van der Waals surface area (Å²) in [6.45, 7) is 5.76. The number of para-hydroxylation sites is 1. The van der Waals surface area contributed by atoms with Gasteiger partial charge in [-0.05, 0) is 31.9 Å². The van der Waals surface area contributed by atoms with E-state index in [0.29, 0.717) is 0 Å². The van der Waals surface area contributed by atoms with Crippen LogP contribution in [0.5, 0.6) is 0 Å². The normalized spacial score (nSPS) is 10.2. The van der Waals surface area contributed by atoms with E-state index in [-0.39, 0.29) is 24.9 Å². The Balaban J connectivity index is 1.96. The SMILES string of the molecule is CCOC(=O)Nc1cnn(CC(=O)Nc2c(C)cccc2C)n1. The first kappa shape index (κ1) is 16.5. The summed E-state index contributed by atoms with van der Waals surface area (Å²) in [7, 11) is 0. The lowest BCUT2D eigenvalue weighted by Gasteiger charge is -2.10. The Labute approximate surface area is 133 Å². The summed E-state index contributed by atoms with van der Waals surface area (Å²) in [6.07, 6.45) is 0.739. The minimum absolute atomic E-state index is 0.0573. The number of carbonyl (C=O) groups is 2. The highest BCUT2D eigenvalue weighted by Crippen LogP contribution is 2.19. The summed E-state index contributed by atoms with van der Waals surface area (Å²) in [5.74, 6) is -0.0241. The van der Waals surface area contributed by atoms with Gasteiger partial charge in [-0.1, -0.05) is 18.2 Å². The molecule has 23 heavy (non-hydrogen) atoms. The summed E-state index contributed by atoms with van der Waals surface area (Å²) >= 11 is 0. The van der Waals surface area contributed by atoms with Crippen LogP contribution in [0.1, 0.15) is 18.1 Å². The smallest absolute Gasteiger partial charge is 0.412 e. The van der Waals surface area contributed by atoms with E-state index in [1.54, 1.807) is 6.92 Å². The third kappa shape index (κ3) is 4.53. The molecule has 0 bridgehead atoms. The molecular weight excluding hydrogens is 298 g/mol. The second-order valence-electron chi connectivity index (χ2n) is 4.92. The monoisotopic (exact) mass is 317 g/mol. The van der Waals surface area contributed by atoms with Crippen molar-refractivity contribution in [2.45, 2.75) is 27.3 Å². The molecule has 2 aromatic rings. The van der Waals surface area contributed by atoms with Gasteiger partial charge in [0.15, 0.2) is 5.82 Å². The van der Waals surface area contributed by atoms with E-state index in [1.165, 1.54) is 11.0 Å². The second-order valence-corrected chi connectivity index (χ2v) is 4.92. The zero-order valence-corrected chi connectivity index (χ0v) is 13.3. The zero-order chi connectivity index (χ0) is 16.8. The van der Waals surface area contributed by atoms with Crippen molar-refractivity contribution in [3.63, 3.8) is 0 Å². The molecule has 1 aromatic heterocycles. The lowest BCUT2D eigenvalue weighted by Crippen LogP contribution is -2.21.